The Morgan fingerprint density at radius 2 is 1.60 bits per heavy atom. The molecule has 5 nitrogen and oxygen atoms in total. The van der Waals surface area contributed by atoms with Gasteiger partial charge in [0.05, 0.1) is 18.1 Å². The number of aryl methyl sites for hydroxylation is 2. The van der Waals surface area contributed by atoms with Crippen LogP contribution in [0, 0.1) is 13.8 Å². The minimum Gasteiger partial charge on any atom is -0.347 e. The highest BCUT2D eigenvalue weighted by atomic mass is 16.1. The van der Waals surface area contributed by atoms with Gasteiger partial charge in [-0.3, -0.25) is 4.79 Å². The van der Waals surface area contributed by atoms with Gasteiger partial charge in [-0.25, -0.2) is 9.97 Å². The molecule has 20 heavy (non-hydrogen) atoms. The molecule has 0 radical (unpaired) electrons. The van der Waals surface area contributed by atoms with Gasteiger partial charge in [0.2, 0.25) is 5.95 Å². The Morgan fingerprint density at radius 1 is 1.05 bits per heavy atom. The summed E-state index contributed by atoms with van der Waals surface area (Å²) in [5, 5.41) is 2.80. The van der Waals surface area contributed by atoms with Gasteiger partial charge in [-0.05, 0) is 26.0 Å². The molecule has 0 aliphatic carbocycles. The van der Waals surface area contributed by atoms with Crippen LogP contribution in [0.4, 0.5) is 11.6 Å². The van der Waals surface area contributed by atoms with Crippen molar-refractivity contribution in [1.29, 1.82) is 0 Å². The summed E-state index contributed by atoms with van der Waals surface area (Å²) in [5.41, 5.74) is 3.35. The summed E-state index contributed by atoms with van der Waals surface area (Å²) < 4.78 is 0. The molecule has 5 heteroatoms. The lowest BCUT2D eigenvalue weighted by atomic mass is 10.1. The van der Waals surface area contributed by atoms with E-state index in [1.807, 2.05) is 46.1 Å². The minimum absolute atomic E-state index is 0.155. The van der Waals surface area contributed by atoms with Gasteiger partial charge in [0.25, 0.3) is 5.91 Å². The molecule has 1 heterocycles. The zero-order valence-electron chi connectivity index (χ0n) is 12.1. The molecule has 1 aromatic heterocycles. The van der Waals surface area contributed by atoms with Gasteiger partial charge in [-0.2, -0.15) is 0 Å². The summed E-state index contributed by atoms with van der Waals surface area (Å²) in [7, 11) is 3.73. The standard InChI is InChI=1S/C15H18N4O/c1-10-5-11(2)7-12(6-10)14(20)18-13-8-16-15(17-9-13)19(3)4/h5-9H,1-4H3,(H,18,20). The van der Waals surface area contributed by atoms with E-state index in [9.17, 15) is 4.79 Å². The molecule has 0 bridgehead atoms. The van der Waals surface area contributed by atoms with Crippen molar-refractivity contribution < 1.29 is 4.79 Å². The Bertz CT molecular complexity index is 600. The van der Waals surface area contributed by atoms with Crippen molar-refractivity contribution in [3.05, 3.63) is 47.3 Å². The van der Waals surface area contributed by atoms with Crippen LogP contribution >= 0.6 is 0 Å². The molecule has 0 fully saturated rings. The smallest absolute Gasteiger partial charge is 0.255 e. The van der Waals surface area contributed by atoms with Crippen molar-refractivity contribution in [3.63, 3.8) is 0 Å². The number of rotatable bonds is 3. The fourth-order valence-electron chi connectivity index (χ4n) is 1.93. The van der Waals surface area contributed by atoms with Crippen molar-refractivity contribution in [3.8, 4) is 0 Å². The predicted molar refractivity (Wildman–Crippen MR) is 80.2 cm³/mol. The number of amides is 1. The Morgan fingerprint density at radius 3 is 2.10 bits per heavy atom. The molecule has 0 saturated heterocycles. The molecule has 1 amide bonds. The fourth-order valence-corrected chi connectivity index (χ4v) is 1.93. The first kappa shape index (κ1) is 14.0. The van der Waals surface area contributed by atoms with Crippen LogP contribution in [0.5, 0.6) is 0 Å². The van der Waals surface area contributed by atoms with Crippen molar-refractivity contribution in [2.45, 2.75) is 13.8 Å². The zero-order chi connectivity index (χ0) is 14.7. The maximum absolute atomic E-state index is 12.2. The molecule has 2 rings (SSSR count). The van der Waals surface area contributed by atoms with Gasteiger partial charge < -0.3 is 10.2 Å². The average Bonchev–Trinajstić information content (AvgIpc) is 2.38. The van der Waals surface area contributed by atoms with Crippen LogP contribution in [0.3, 0.4) is 0 Å². The lowest BCUT2D eigenvalue weighted by Gasteiger charge is -2.10. The number of aromatic nitrogens is 2. The lowest BCUT2D eigenvalue weighted by molar-refractivity contribution is 0.102. The number of carbonyl (C=O) groups excluding carboxylic acids is 1. The molecule has 104 valence electrons. The molecule has 0 saturated carbocycles. The van der Waals surface area contributed by atoms with Crippen LogP contribution in [-0.4, -0.2) is 30.0 Å². The SMILES string of the molecule is Cc1cc(C)cc(C(=O)Nc2cnc(N(C)C)nc2)c1. The molecular weight excluding hydrogens is 252 g/mol. The maximum Gasteiger partial charge on any atom is 0.255 e. The Hall–Kier alpha value is -2.43. The van der Waals surface area contributed by atoms with Crippen LogP contribution in [0.15, 0.2) is 30.6 Å². The summed E-state index contributed by atoms with van der Waals surface area (Å²) >= 11 is 0. The number of anilines is 2. The molecule has 2 aromatic rings. The quantitative estimate of drug-likeness (QED) is 0.930. The highest BCUT2D eigenvalue weighted by molar-refractivity contribution is 6.04. The second-order valence-corrected chi connectivity index (χ2v) is 5.00. The highest BCUT2D eigenvalue weighted by Gasteiger charge is 2.08. The van der Waals surface area contributed by atoms with Crippen molar-refractivity contribution in [2.75, 3.05) is 24.3 Å². The molecule has 0 aliphatic heterocycles. The summed E-state index contributed by atoms with van der Waals surface area (Å²) in [5.74, 6) is 0.451. The summed E-state index contributed by atoms with van der Waals surface area (Å²) in [6.07, 6.45) is 3.20. The van der Waals surface area contributed by atoms with E-state index in [4.69, 9.17) is 0 Å². The number of carbonyl (C=O) groups is 1. The van der Waals surface area contributed by atoms with E-state index in [-0.39, 0.29) is 5.91 Å². The first-order chi connectivity index (χ1) is 9.45. The number of hydrogen-bond acceptors (Lipinski definition) is 4. The second-order valence-electron chi connectivity index (χ2n) is 5.00. The van der Waals surface area contributed by atoms with E-state index in [1.54, 1.807) is 17.3 Å². The van der Waals surface area contributed by atoms with E-state index in [2.05, 4.69) is 15.3 Å². The predicted octanol–water partition coefficient (Wildman–Crippen LogP) is 2.41. The normalized spacial score (nSPS) is 10.2. The molecule has 1 N–H and O–H groups in total. The van der Waals surface area contributed by atoms with Gasteiger partial charge >= 0.3 is 0 Å². The van der Waals surface area contributed by atoms with Crippen LogP contribution < -0.4 is 10.2 Å². The first-order valence-electron chi connectivity index (χ1n) is 6.35. The molecule has 1 aromatic carbocycles. The summed E-state index contributed by atoms with van der Waals surface area (Å²) in [6.45, 7) is 3.94. The van der Waals surface area contributed by atoms with Crippen molar-refractivity contribution in [1.82, 2.24) is 9.97 Å². The van der Waals surface area contributed by atoms with E-state index >= 15 is 0 Å². The highest BCUT2D eigenvalue weighted by Crippen LogP contribution is 2.12. The zero-order valence-corrected chi connectivity index (χ0v) is 12.1. The summed E-state index contributed by atoms with van der Waals surface area (Å²) in [6, 6.07) is 5.75. The minimum atomic E-state index is -0.155. The van der Waals surface area contributed by atoms with Gasteiger partial charge in [0.15, 0.2) is 0 Å². The van der Waals surface area contributed by atoms with Gasteiger partial charge in [-0.1, -0.05) is 17.2 Å². The van der Waals surface area contributed by atoms with Crippen LogP contribution in [0.1, 0.15) is 21.5 Å². The number of hydrogen-bond donors (Lipinski definition) is 1. The Balaban J connectivity index is 2.14. The maximum atomic E-state index is 12.2. The average molecular weight is 270 g/mol. The van der Waals surface area contributed by atoms with Gasteiger partial charge in [0, 0.05) is 19.7 Å². The van der Waals surface area contributed by atoms with Crippen LogP contribution in [0.25, 0.3) is 0 Å². The molecule has 0 spiro atoms. The third-order valence-electron chi connectivity index (χ3n) is 2.78. The van der Waals surface area contributed by atoms with Gasteiger partial charge in [0.1, 0.15) is 0 Å². The van der Waals surface area contributed by atoms with E-state index in [0.717, 1.165) is 11.1 Å². The topological polar surface area (TPSA) is 58.1 Å². The molecule has 0 unspecified atom stereocenters. The Kier molecular flexibility index (Phi) is 3.98. The Labute approximate surface area is 118 Å². The number of nitrogens with zero attached hydrogens (tertiary/aromatic N) is 3. The second kappa shape index (κ2) is 5.69. The molecule has 0 atom stereocenters. The van der Waals surface area contributed by atoms with Crippen LogP contribution in [-0.2, 0) is 0 Å². The first-order valence-corrected chi connectivity index (χ1v) is 6.35. The van der Waals surface area contributed by atoms with E-state index in [1.165, 1.54) is 0 Å². The van der Waals surface area contributed by atoms with Gasteiger partial charge in [-0.15, -0.1) is 0 Å². The lowest BCUT2D eigenvalue weighted by Crippen LogP contribution is -2.15. The number of nitrogens with one attached hydrogen (secondary N) is 1. The van der Waals surface area contributed by atoms with E-state index in [0.29, 0.717) is 17.2 Å². The molecular formula is C15H18N4O. The molecule has 0 aliphatic rings. The number of benzene rings is 1. The third kappa shape index (κ3) is 3.32. The van der Waals surface area contributed by atoms with Crippen LogP contribution in [0.2, 0.25) is 0 Å². The summed E-state index contributed by atoms with van der Waals surface area (Å²) in [4.78, 5) is 22.3. The third-order valence-corrected chi connectivity index (χ3v) is 2.78. The largest absolute Gasteiger partial charge is 0.347 e. The van der Waals surface area contributed by atoms with Crippen molar-refractivity contribution >= 4 is 17.5 Å². The monoisotopic (exact) mass is 270 g/mol. The fraction of sp³-hybridized carbons (Fsp3) is 0.267. The van der Waals surface area contributed by atoms with E-state index < -0.39 is 0 Å². The van der Waals surface area contributed by atoms with Crippen molar-refractivity contribution in [2.24, 2.45) is 0 Å².